The summed E-state index contributed by atoms with van der Waals surface area (Å²) in [6.07, 6.45) is 0.511. The monoisotopic (exact) mass is 148 g/mol. The van der Waals surface area contributed by atoms with Crippen LogP contribution in [-0.4, -0.2) is 36.1 Å². The van der Waals surface area contributed by atoms with E-state index in [-0.39, 0.29) is 12.7 Å². The quantitative estimate of drug-likeness (QED) is 0.583. The molecule has 0 heterocycles. The zero-order chi connectivity index (χ0) is 7.98. The molecule has 0 aromatic carbocycles. The Morgan fingerprint density at radius 1 is 1.50 bits per heavy atom. The summed E-state index contributed by atoms with van der Waals surface area (Å²) in [7, 11) is 1.54. The van der Waals surface area contributed by atoms with Crippen molar-refractivity contribution in [3.63, 3.8) is 0 Å². The van der Waals surface area contributed by atoms with Gasteiger partial charge in [-0.15, -0.1) is 0 Å². The van der Waals surface area contributed by atoms with Crippen molar-refractivity contribution in [3.05, 3.63) is 0 Å². The number of hydrogen-bond donors (Lipinski definition) is 2. The average molecular weight is 148 g/mol. The van der Waals surface area contributed by atoms with Crippen LogP contribution in [-0.2, 0) is 4.74 Å². The molecule has 0 saturated carbocycles. The molecule has 0 spiro atoms. The van der Waals surface area contributed by atoms with Crippen LogP contribution in [0.15, 0.2) is 0 Å². The number of aliphatic hydroxyl groups excluding tert-OH is 2. The lowest BCUT2D eigenvalue weighted by atomic mass is 10.1. The van der Waals surface area contributed by atoms with Gasteiger partial charge in [0, 0.05) is 13.7 Å². The summed E-state index contributed by atoms with van der Waals surface area (Å²) >= 11 is 0. The summed E-state index contributed by atoms with van der Waals surface area (Å²) in [4.78, 5) is 0. The predicted molar refractivity (Wildman–Crippen MR) is 38.8 cm³/mol. The van der Waals surface area contributed by atoms with Gasteiger partial charge in [0.05, 0.1) is 12.2 Å². The standard InChI is InChI=1S/C7H16O3/c1-3-6(9)7(10-2)4-5-8/h6-9H,3-5H2,1-2H3. The highest BCUT2D eigenvalue weighted by atomic mass is 16.5. The zero-order valence-corrected chi connectivity index (χ0v) is 6.58. The van der Waals surface area contributed by atoms with Crippen molar-refractivity contribution in [3.8, 4) is 0 Å². The van der Waals surface area contributed by atoms with Gasteiger partial charge in [0.2, 0.25) is 0 Å². The van der Waals surface area contributed by atoms with Crippen LogP contribution in [0.5, 0.6) is 0 Å². The Hall–Kier alpha value is -0.120. The molecule has 2 N–H and O–H groups in total. The van der Waals surface area contributed by atoms with Crippen LogP contribution in [0.3, 0.4) is 0 Å². The van der Waals surface area contributed by atoms with E-state index in [1.807, 2.05) is 6.92 Å². The molecule has 0 aromatic rings. The molecule has 3 heteroatoms. The molecule has 2 unspecified atom stereocenters. The Balaban J connectivity index is 3.56. The summed E-state index contributed by atoms with van der Waals surface area (Å²) < 4.78 is 4.93. The average Bonchev–Trinajstić information content (AvgIpc) is 1.99. The largest absolute Gasteiger partial charge is 0.396 e. The smallest absolute Gasteiger partial charge is 0.0851 e. The van der Waals surface area contributed by atoms with Crippen molar-refractivity contribution in [1.82, 2.24) is 0 Å². The Labute approximate surface area is 61.6 Å². The fourth-order valence-corrected chi connectivity index (χ4v) is 0.857. The van der Waals surface area contributed by atoms with Crippen LogP contribution in [0.2, 0.25) is 0 Å². The molecule has 10 heavy (non-hydrogen) atoms. The van der Waals surface area contributed by atoms with Crippen LogP contribution < -0.4 is 0 Å². The normalized spacial score (nSPS) is 16.8. The van der Waals surface area contributed by atoms with E-state index >= 15 is 0 Å². The highest BCUT2D eigenvalue weighted by molar-refractivity contribution is 4.65. The number of methoxy groups -OCH3 is 1. The molecule has 0 aliphatic carbocycles. The van der Waals surface area contributed by atoms with E-state index < -0.39 is 6.10 Å². The Morgan fingerprint density at radius 2 is 2.10 bits per heavy atom. The fourth-order valence-electron chi connectivity index (χ4n) is 0.857. The van der Waals surface area contributed by atoms with Crippen molar-refractivity contribution in [1.29, 1.82) is 0 Å². The second kappa shape index (κ2) is 5.65. The van der Waals surface area contributed by atoms with Gasteiger partial charge in [-0.3, -0.25) is 0 Å². The summed E-state index contributed by atoms with van der Waals surface area (Å²) in [5, 5.41) is 17.7. The minimum absolute atomic E-state index is 0.0650. The first-order valence-corrected chi connectivity index (χ1v) is 3.58. The number of ether oxygens (including phenoxy) is 1. The van der Waals surface area contributed by atoms with Gasteiger partial charge in [-0.1, -0.05) is 6.92 Å². The SMILES string of the molecule is CCC(O)C(CCO)OC. The first-order chi connectivity index (χ1) is 4.76. The van der Waals surface area contributed by atoms with Gasteiger partial charge in [0.15, 0.2) is 0 Å². The lowest BCUT2D eigenvalue weighted by Crippen LogP contribution is -2.28. The molecule has 2 atom stereocenters. The van der Waals surface area contributed by atoms with Crippen LogP contribution >= 0.6 is 0 Å². The van der Waals surface area contributed by atoms with E-state index in [0.717, 1.165) is 0 Å². The molecule has 0 aromatic heterocycles. The van der Waals surface area contributed by atoms with Crippen LogP contribution in [0.25, 0.3) is 0 Å². The van der Waals surface area contributed by atoms with Crippen LogP contribution in [0.4, 0.5) is 0 Å². The highest BCUT2D eigenvalue weighted by Crippen LogP contribution is 2.05. The van der Waals surface area contributed by atoms with E-state index in [4.69, 9.17) is 9.84 Å². The van der Waals surface area contributed by atoms with Crippen molar-refractivity contribution in [2.75, 3.05) is 13.7 Å². The second-order valence-electron chi connectivity index (χ2n) is 2.26. The molecule has 0 bridgehead atoms. The molecular weight excluding hydrogens is 132 g/mol. The molecule has 0 saturated heterocycles. The van der Waals surface area contributed by atoms with Gasteiger partial charge < -0.3 is 14.9 Å². The molecule has 0 amide bonds. The molecular formula is C7H16O3. The van der Waals surface area contributed by atoms with Gasteiger partial charge in [-0.2, -0.15) is 0 Å². The highest BCUT2D eigenvalue weighted by Gasteiger charge is 2.15. The molecule has 62 valence electrons. The first kappa shape index (κ1) is 9.88. The third kappa shape index (κ3) is 3.15. The molecule has 0 aliphatic rings. The summed E-state index contributed by atoms with van der Waals surface area (Å²) in [6, 6.07) is 0. The minimum Gasteiger partial charge on any atom is -0.396 e. The topological polar surface area (TPSA) is 49.7 Å². The zero-order valence-electron chi connectivity index (χ0n) is 6.58. The maximum absolute atomic E-state index is 9.21. The summed E-state index contributed by atoms with van der Waals surface area (Å²) in [5.74, 6) is 0. The maximum Gasteiger partial charge on any atom is 0.0851 e. The van der Waals surface area contributed by atoms with Crippen LogP contribution in [0.1, 0.15) is 19.8 Å². The number of rotatable bonds is 5. The molecule has 0 aliphatic heterocycles. The third-order valence-electron chi connectivity index (χ3n) is 1.56. The van der Waals surface area contributed by atoms with Gasteiger partial charge in [0.1, 0.15) is 0 Å². The molecule has 3 nitrogen and oxygen atoms in total. The fraction of sp³-hybridized carbons (Fsp3) is 1.00. The van der Waals surface area contributed by atoms with Gasteiger partial charge in [-0.25, -0.2) is 0 Å². The van der Waals surface area contributed by atoms with E-state index in [1.165, 1.54) is 0 Å². The Kier molecular flexibility index (Phi) is 5.58. The Morgan fingerprint density at radius 3 is 2.40 bits per heavy atom. The lowest BCUT2D eigenvalue weighted by Gasteiger charge is -2.18. The van der Waals surface area contributed by atoms with Gasteiger partial charge in [-0.05, 0) is 12.8 Å². The first-order valence-electron chi connectivity index (χ1n) is 3.58. The summed E-state index contributed by atoms with van der Waals surface area (Å²) in [5.41, 5.74) is 0. The van der Waals surface area contributed by atoms with Crippen LogP contribution in [0, 0.1) is 0 Å². The maximum atomic E-state index is 9.21. The van der Waals surface area contributed by atoms with Crippen molar-refractivity contribution >= 4 is 0 Å². The molecule has 0 radical (unpaired) electrons. The third-order valence-corrected chi connectivity index (χ3v) is 1.56. The predicted octanol–water partition coefficient (Wildman–Crippen LogP) is 0.155. The van der Waals surface area contributed by atoms with E-state index in [0.29, 0.717) is 12.8 Å². The molecule has 0 rings (SSSR count). The van der Waals surface area contributed by atoms with Gasteiger partial charge >= 0.3 is 0 Å². The number of hydrogen-bond acceptors (Lipinski definition) is 3. The van der Waals surface area contributed by atoms with E-state index in [2.05, 4.69) is 0 Å². The van der Waals surface area contributed by atoms with Gasteiger partial charge in [0.25, 0.3) is 0 Å². The minimum atomic E-state index is -0.447. The lowest BCUT2D eigenvalue weighted by molar-refractivity contribution is -0.0250. The van der Waals surface area contributed by atoms with Crippen molar-refractivity contribution < 1.29 is 14.9 Å². The molecule has 0 fully saturated rings. The second-order valence-corrected chi connectivity index (χ2v) is 2.26. The van der Waals surface area contributed by atoms with Crippen molar-refractivity contribution in [2.45, 2.75) is 32.0 Å². The van der Waals surface area contributed by atoms with Crippen molar-refractivity contribution in [2.24, 2.45) is 0 Å². The Bertz CT molecular complexity index is 75.3. The number of aliphatic hydroxyl groups is 2. The summed E-state index contributed by atoms with van der Waals surface area (Å²) in [6.45, 7) is 1.95. The van der Waals surface area contributed by atoms with E-state index in [1.54, 1.807) is 7.11 Å². The van der Waals surface area contributed by atoms with E-state index in [9.17, 15) is 5.11 Å².